The van der Waals surface area contributed by atoms with Crippen LogP contribution in [0, 0.1) is 0 Å². The number of hydrogen-bond acceptors (Lipinski definition) is 1. The highest BCUT2D eigenvalue weighted by atomic mass is 16.3. The number of pyridine rings is 1. The zero-order valence-corrected chi connectivity index (χ0v) is 6.86. The van der Waals surface area contributed by atoms with Gasteiger partial charge in [-0.3, -0.25) is 0 Å². The van der Waals surface area contributed by atoms with Crippen LogP contribution in [0.15, 0.2) is 36.5 Å². The molecule has 0 aliphatic carbocycles. The molecule has 0 unspecified atom stereocenters. The number of rotatable bonds is 0. The minimum Gasteiger partial charge on any atom is -0.502 e. The molecule has 1 aromatic heterocycles. The van der Waals surface area contributed by atoms with Crippen LogP contribution >= 0.6 is 0 Å². The van der Waals surface area contributed by atoms with Crippen LogP contribution in [-0.2, 0) is 7.05 Å². The van der Waals surface area contributed by atoms with E-state index < -0.39 is 0 Å². The van der Waals surface area contributed by atoms with Crippen molar-refractivity contribution in [3.05, 3.63) is 36.5 Å². The van der Waals surface area contributed by atoms with Gasteiger partial charge in [-0.1, -0.05) is 6.07 Å². The van der Waals surface area contributed by atoms with Gasteiger partial charge >= 0.3 is 0 Å². The van der Waals surface area contributed by atoms with Crippen LogP contribution in [-0.4, -0.2) is 5.11 Å². The second kappa shape index (κ2) is 2.48. The highest BCUT2D eigenvalue weighted by Crippen LogP contribution is 2.19. The summed E-state index contributed by atoms with van der Waals surface area (Å²) in [6.07, 6.45) is 1.92. The molecule has 60 valence electrons. The normalized spacial score (nSPS) is 10.4. The second-order valence-electron chi connectivity index (χ2n) is 2.83. The third kappa shape index (κ3) is 0.925. The van der Waals surface area contributed by atoms with Gasteiger partial charge in [0.2, 0.25) is 0 Å². The number of phenolic OH excluding ortho intramolecular Hbond substituents is 1. The number of aromatic hydroxyl groups is 1. The molecule has 0 fully saturated rings. The summed E-state index contributed by atoms with van der Waals surface area (Å²) >= 11 is 0. The molecule has 0 aliphatic heterocycles. The SMILES string of the molecule is C[n+]1cccc2cccc(O)c21. The second-order valence-corrected chi connectivity index (χ2v) is 2.83. The highest BCUT2D eigenvalue weighted by molar-refractivity contribution is 5.80. The summed E-state index contributed by atoms with van der Waals surface area (Å²) in [5, 5.41) is 10.6. The maximum absolute atomic E-state index is 9.53. The van der Waals surface area contributed by atoms with E-state index in [1.54, 1.807) is 6.07 Å². The monoisotopic (exact) mass is 160 g/mol. The van der Waals surface area contributed by atoms with Crippen molar-refractivity contribution in [1.82, 2.24) is 0 Å². The van der Waals surface area contributed by atoms with Crippen LogP contribution in [0.3, 0.4) is 0 Å². The van der Waals surface area contributed by atoms with Crippen molar-refractivity contribution in [1.29, 1.82) is 0 Å². The van der Waals surface area contributed by atoms with Gasteiger partial charge in [-0.2, -0.15) is 4.57 Å². The Bertz CT molecular complexity index is 386. The molecule has 2 nitrogen and oxygen atoms in total. The van der Waals surface area contributed by atoms with E-state index >= 15 is 0 Å². The fourth-order valence-electron chi connectivity index (χ4n) is 1.42. The van der Waals surface area contributed by atoms with Crippen LogP contribution in [0.4, 0.5) is 0 Å². The molecule has 1 N–H and O–H groups in total. The fourth-order valence-corrected chi connectivity index (χ4v) is 1.42. The average molecular weight is 160 g/mol. The molecular weight excluding hydrogens is 150 g/mol. The Labute approximate surface area is 70.7 Å². The van der Waals surface area contributed by atoms with Crippen LogP contribution in [0.5, 0.6) is 5.75 Å². The van der Waals surface area contributed by atoms with Gasteiger partial charge in [0.05, 0.1) is 5.39 Å². The Morgan fingerprint density at radius 2 is 1.92 bits per heavy atom. The number of para-hydroxylation sites is 1. The molecular formula is C10H10NO+. The van der Waals surface area contributed by atoms with Gasteiger partial charge in [-0.05, 0) is 18.2 Å². The van der Waals surface area contributed by atoms with E-state index in [2.05, 4.69) is 0 Å². The summed E-state index contributed by atoms with van der Waals surface area (Å²) in [6, 6.07) is 9.46. The third-order valence-electron chi connectivity index (χ3n) is 1.98. The van der Waals surface area contributed by atoms with Gasteiger partial charge in [-0.15, -0.1) is 0 Å². The van der Waals surface area contributed by atoms with Gasteiger partial charge in [0.15, 0.2) is 11.9 Å². The van der Waals surface area contributed by atoms with Crippen molar-refractivity contribution in [2.24, 2.45) is 7.05 Å². The Morgan fingerprint density at radius 3 is 2.67 bits per heavy atom. The molecule has 1 aromatic carbocycles. The van der Waals surface area contributed by atoms with E-state index in [1.165, 1.54) is 0 Å². The van der Waals surface area contributed by atoms with E-state index in [0.29, 0.717) is 5.75 Å². The standard InChI is InChI=1S/C10H9NO/c1-11-7-3-5-8-4-2-6-9(12)10(8)11/h2-7H,1H3/p+1. The summed E-state index contributed by atoms with van der Waals surface area (Å²) in [6.45, 7) is 0. The van der Waals surface area contributed by atoms with E-state index in [-0.39, 0.29) is 0 Å². The van der Waals surface area contributed by atoms with Crippen molar-refractivity contribution in [3.63, 3.8) is 0 Å². The van der Waals surface area contributed by atoms with Gasteiger partial charge in [0.1, 0.15) is 7.05 Å². The van der Waals surface area contributed by atoms with E-state index in [1.807, 2.05) is 42.1 Å². The number of phenols is 1. The first kappa shape index (κ1) is 7.10. The maximum atomic E-state index is 9.53. The molecule has 1 heterocycles. The zero-order chi connectivity index (χ0) is 8.55. The first-order valence-electron chi connectivity index (χ1n) is 3.85. The lowest BCUT2D eigenvalue weighted by Crippen LogP contribution is -2.27. The zero-order valence-electron chi connectivity index (χ0n) is 6.86. The highest BCUT2D eigenvalue weighted by Gasteiger charge is 2.07. The van der Waals surface area contributed by atoms with Gasteiger partial charge < -0.3 is 5.11 Å². The smallest absolute Gasteiger partial charge is 0.254 e. The number of nitrogens with zero attached hydrogens (tertiary/aromatic N) is 1. The van der Waals surface area contributed by atoms with Crippen LogP contribution < -0.4 is 4.57 Å². The molecule has 0 bridgehead atoms. The number of aryl methyl sites for hydroxylation is 1. The Balaban J connectivity index is 2.96. The molecule has 0 saturated heterocycles. The Hall–Kier alpha value is -1.57. The number of aromatic nitrogens is 1. The summed E-state index contributed by atoms with van der Waals surface area (Å²) in [5.41, 5.74) is 0.875. The molecule has 2 rings (SSSR count). The first-order valence-corrected chi connectivity index (χ1v) is 3.85. The van der Waals surface area contributed by atoms with Gasteiger partial charge in [0.25, 0.3) is 5.52 Å². The molecule has 0 radical (unpaired) electrons. The molecule has 0 amide bonds. The van der Waals surface area contributed by atoms with Crippen molar-refractivity contribution in [2.75, 3.05) is 0 Å². The topological polar surface area (TPSA) is 24.1 Å². The third-order valence-corrected chi connectivity index (χ3v) is 1.98. The van der Waals surface area contributed by atoms with Gasteiger partial charge in [-0.25, -0.2) is 0 Å². The molecule has 0 saturated carbocycles. The molecule has 0 spiro atoms. The van der Waals surface area contributed by atoms with Crippen molar-refractivity contribution >= 4 is 10.9 Å². The number of fused-ring (bicyclic) bond motifs is 1. The van der Waals surface area contributed by atoms with Crippen LogP contribution in [0.2, 0.25) is 0 Å². The Kier molecular flexibility index (Phi) is 1.47. The fraction of sp³-hybridized carbons (Fsp3) is 0.100. The average Bonchev–Trinajstić information content (AvgIpc) is 2.04. The number of hydrogen-bond donors (Lipinski definition) is 1. The lowest BCUT2D eigenvalue weighted by molar-refractivity contribution is -0.645. The van der Waals surface area contributed by atoms with Crippen molar-refractivity contribution in [3.8, 4) is 5.75 Å². The van der Waals surface area contributed by atoms with Crippen LogP contribution in [0.25, 0.3) is 10.9 Å². The summed E-state index contributed by atoms with van der Waals surface area (Å²) in [7, 11) is 1.92. The number of benzene rings is 1. The van der Waals surface area contributed by atoms with E-state index in [4.69, 9.17) is 0 Å². The lowest BCUT2D eigenvalue weighted by Gasteiger charge is -1.96. The molecule has 12 heavy (non-hydrogen) atoms. The summed E-state index contributed by atoms with van der Waals surface area (Å²) in [4.78, 5) is 0. The Morgan fingerprint density at radius 1 is 1.17 bits per heavy atom. The van der Waals surface area contributed by atoms with E-state index in [0.717, 1.165) is 10.9 Å². The first-order chi connectivity index (χ1) is 5.79. The predicted octanol–water partition coefficient (Wildman–Crippen LogP) is 1.37. The van der Waals surface area contributed by atoms with Crippen molar-refractivity contribution in [2.45, 2.75) is 0 Å². The molecule has 0 atom stereocenters. The quantitative estimate of drug-likeness (QED) is 0.578. The maximum Gasteiger partial charge on any atom is 0.254 e. The molecule has 2 aromatic rings. The van der Waals surface area contributed by atoms with Gasteiger partial charge in [0, 0.05) is 6.07 Å². The van der Waals surface area contributed by atoms with Crippen molar-refractivity contribution < 1.29 is 9.67 Å². The predicted molar refractivity (Wildman–Crippen MR) is 46.8 cm³/mol. The summed E-state index contributed by atoms with van der Waals surface area (Å²) in [5.74, 6) is 0.329. The molecule has 2 heteroatoms. The minimum absolute atomic E-state index is 0.329. The van der Waals surface area contributed by atoms with Crippen LogP contribution in [0.1, 0.15) is 0 Å². The molecule has 0 aliphatic rings. The minimum atomic E-state index is 0.329. The lowest BCUT2D eigenvalue weighted by atomic mass is 10.2. The largest absolute Gasteiger partial charge is 0.502 e. The summed E-state index contributed by atoms with van der Waals surface area (Å²) < 4.78 is 1.91. The van der Waals surface area contributed by atoms with E-state index in [9.17, 15) is 5.11 Å².